The van der Waals surface area contributed by atoms with Crippen LogP contribution < -0.4 is 0 Å². The lowest BCUT2D eigenvalue weighted by molar-refractivity contribution is -0.174. The summed E-state index contributed by atoms with van der Waals surface area (Å²) in [5, 5.41) is 8.86. The number of hydrogen-bond acceptors (Lipinski definition) is 4. The van der Waals surface area contributed by atoms with Crippen LogP contribution in [0, 0.1) is 0 Å². The smallest absolute Gasteiger partial charge is 0.338 e. The Bertz CT molecular complexity index is 365. The second-order valence-electron chi connectivity index (χ2n) is 9.28. The van der Waals surface area contributed by atoms with E-state index in [1.165, 1.54) is 64.2 Å². The van der Waals surface area contributed by atoms with Crippen LogP contribution in [0.25, 0.3) is 0 Å². The molecule has 0 aromatic carbocycles. The number of aliphatic hydroxyl groups is 1. The Kier molecular flexibility index (Phi) is 19.9. The monoisotopic (exact) mass is 428 g/mol. The zero-order valence-corrected chi connectivity index (χ0v) is 20.7. The second kappa shape index (κ2) is 20.3. The molecule has 0 aliphatic carbocycles. The Morgan fingerprint density at radius 2 is 1.20 bits per heavy atom. The average molecular weight is 429 g/mol. The number of aliphatic hydroxyl groups excluding tert-OH is 1. The van der Waals surface area contributed by atoms with E-state index in [1.54, 1.807) is 0 Å². The normalized spacial score (nSPS) is 11.9. The van der Waals surface area contributed by atoms with Crippen molar-refractivity contribution in [1.29, 1.82) is 0 Å². The van der Waals surface area contributed by atoms with Crippen LogP contribution in [-0.2, 0) is 14.3 Å². The molecule has 30 heavy (non-hydrogen) atoms. The molecule has 0 atom stereocenters. The van der Waals surface area contributed by atoms with Crippen LogP contribution >= 0.6 is 0 Å². The SMILES string of the molecule is CCCCCCCCC(CCCCCCCC)OC(=O)C(C)(C)OCCCCCO. The van der Waals surface area contributed by atoms with Gasteiger partial charge >= 0.3 is 5.97 Å². The minimum Gasteiger partial charge on any atom is -0.460 e. The number of rotatable bonds is 22. The van der Waals surface area contributed by atoms with Gasteiger partial charge in [-0.25, -0.2) is 4.79 Å². The Hall–Kier alpha value is -0.610. The fourth-order valence-electron chi connectivity index (χ4n) is 3.64. The van der Waals surface area contributed by atoms with Crippen molar-refractivity contribution in [3.63, 3.8) is 0 Å². The van der Waals surface area contributed by atoms with E-state index < -0.39 is 5.60 Å². The number of carbonyl (C=O) groups excluding carboxylic acids is 1. The third-order valence-corrected chi connectivity index (χ3v) is 5.79. The zero-order valence-electron chi connectivity index (χ0n) is 20.7. The van der Waals surface area contributed by atoms with Gasteiger partial charge in [0.25, 0.3) is 0 Å². The summed E-state index contributed by atoms with van der Waals surface area (Å²) in [7, 11) is 0. The first-order chi connectivity index (χ1) is 14.5. The molecule has 0 saturated carbocycles. The summed E-state index contributed by atoms with van der Waals surface area (Å²) in [5.41, 5.74) is -0.903. The van der Waals surface area contributed by atoms with Gasteiger partial charge in [-0.3, -0.25) is 0 Å². The van der Waals surface area contributed by atoms with E-state index in [4.69, 9.17) is 14.6 Å². The first kappa shape index (κ1) is 29.4. The van der Waals surface area contributed by atoms with E-state index in [1.807, 2.05) is 13.8 Å². The van der Waals surface area contributed by atoms with Crippen molar-refractivity contribution < 1.29 is 19.4 Å². The standard InChI is InChI=1S/C26H52O4/c1-5-7-9-11-13-16-20-24(21-17-14-12-10-8-6-2)30-25(28)26(3,4)29-23-19-15-18-22-27/h24,27H,5-23H2,1-4H3. The van der Waals surface area contributed by atoms with Crippen molar-refractivity contribution in [3.8, 4) is 0 Å². The topological polar surface area (TPSA) is 55.8 Å². The molecule has 0 aromatic heterocycles. The molecule has 1 N–H and O–H groups in total. The van der Waals surface area contributed by atoms with Gasteiger partial charge in [-0.15, -0.1) is 0 Å². The molecule has 0 rings (SSSR count). The summed E-state index contributed by atoms with van der Waals surface area (Å²) in [6.07, 6.45) is 19.6. The Labute approximate surface area is 187 Å². The van der Waals surface area contributed by atoms with Crippen LogP contribution in [-0.4, -0.2) is 36.0 Å². The van der Waals surface area contributed by atoms with Gasteiger partial charge in [0.1, 0.15) is 6.10 Å². The molecular formula is C26H52O4. The van der Waals surface area contributed by atoms with Crippen LogP contribution in [0.2, 0.25) is 0 Å². The molecule has 0 aliphatic heterocycles. The molecule has 0 unspecified atom stereocenters. The summed E-state index contributed by atoms with van der Waals surface area (Å²) >= 11 is 0. The van der Waals surface area contributed by atoms with Crippen LogP contribution in [0.3, 0.4) is 0 Å². The van der Waals surface area contributed by atoms with Gasteiger partial charge in [0.15, 0.2) is 5.60 Å². The molecule has 0 spiro atoms. The van der Waals surface area contributed by atoms with Gasteiger partial charge in [0, 0.05) is 13.2 Å². The van der Waals surface area contributed by atoms with E-state index in [2.05, 4.69) is 13.8 Å². The zero-order chi connectivity index (χ0) is 22.5. The molecule has 0 aromatic rings. The number of unbranched alkanes of at least 4 members (excludes halogenated alkanes) is 12. The van der Waals surface area contributed by atoms with E-state index in [9.17, 15) is 4.79 Å². The number of carbonyl (C=O) groups is 1. The van der Waals surface area contributed by atoms with Gasteiger partial charge in [0.05, 0.1) is 0 Å². The summed E-state index contributed by atoms with van der Waals surface area (Å²) in [4.78, 5) is 12.8. The first-order valence-corrected chi connectivity index (χ1v) is 12.9. The minimum absolute atomic E-state index is 0.0205. The maximum Gasteiger partial charge on any atom is 0.338 e. The van der Waals surface area contributed by atoms with Gasteiger partial charge in [-0.05, 0) is 58.8 Å². The maximum atomic E-state index is 12.8. The quantitative estimate of drug-likeness (QED) is 0.145. The van der Waals surface area contributed by atoms with E-state index in [0.29, 0.717) is 6.61 Å². The van der Waals surface area contributed by atoms with Crippen molar-refractivity contribution >= 4 is 5.97 Å². The fourth-order valence-corrected chi connectivity index (χ4v) is 3.64. The number of ether oxygens (including phenoxy) is 2. The lowest BCUT2D eigenvalue weighted by atomic mass is 10.0. The largest absolute Gasteiger partial charge is 0.460 e. The highest BCUT2D eigenvalue weighted by Gasteiger charge is 2.32. The van der Waals surface area contributed by atoms with Crippen molar-refractivity contribution in [2.75, 3.05) is 13.2 Å². The van der Waals surface area contributed by atoms with E-state index in [0.717, 1.165) is 44.9 Å². The average Bonchev–Trinajstić information content (AvgIpc) is 2.72. The third-order valence-electron chi connectivity index (χ3n) is 5.79. The van der Waals surface area contributed by atoms with Crippen LogP contribution in [0.15, 0.2) is 0 Å². The molecule has 0 fully saturated rings. The van der Waals surface area contributed by atoms with Crippen LogP contribution in [0.5, 0.6) is 0 Å². The van der Waals surface area contributed by atoms with Crippen LogP contribution in [0.1, 0.15) is 137 Å². The molecule has 180 valence electrons. The predicted molar refractivity (Wildman–Crippen MR) is 127 cm³/mol. The predicted octanol–water partition coefficient (Wildman–Crippen LogP) is 7.36. The van der Waals surface area contributed by atoms with E-state index >= 15 is 0 Å². The molecule has 0 radical (unpaired) electrons. The van der Waals surface area contributed by atoms with Crippen molar-refractivity contribution in [3.05, 3.63) is 0 Å². The Morgan fingerprint density at radius 3 is 1.70 bits per heavy atom. The molecule has 0 saturated heterocycles. The van der Waals surface area contributed by atoms with Crippen molar-refractivity contribution in [2.24, 2.45) is 0 Å². The number of hydrogen-bond donors (Lipinski definition) is 1. The van der Waals surface area contributed by atoms with Crippen molar-refractivity contribution in [1.82, 2.24) is 0 Å². The van der Waals surface area contributed by atoms with Crippen molar-refractivity contribution in [2.45, 2.75) is 149 Å². The second-order valence-corrected chi connectivity index (χ2v) is 9.28. The van der Waals surface area contributed by atoms with Gasteiger partial charge in [0.2, 0.25) is 0 Å². The third kappa shape index (κ3) is 17.1. The first-order valence-electron chi connectivity index (χ1n) is 12.9. The fraction of sp³-hybridized carbons (Fsp3) is 0.962. The highest BCUT2D eigenvalue weighted by Crippen LogP contribution is 2.21. The lowest BCUT2D eigenvalue weighted by Gasteiger charge is -2.27. The van der Waals surface area contributed by atoms with Crippen LogP contribution in [0.4, 0.5) is 0 Å². The van der Waals surface area contributed by atoms with Gasteiger partial charge in [-0.2, -0.15) is 0 Å². The van der Waals surface area contributed by atoms with Gasteiger partial charge in [-0.1, -0.05) is 78.1 Å². The molecule has 4 nitrogen and oxygen atoms in total. The number of esters is 1. The molecule has 4 heteroatoms. The molecule has 0 heterocycles. The summed E-state index contributed by atoms with van der Waals surface area (Å²) < 4.78 is 11.8. The Balaban J connectivity index is 4.38. The molecule has 0 bridgehead atoms. The summed E-state index contributed by atoms with van der Waals surface area (Å²) in [6.45, 7) is 8.85. The molecule has 0 aliphatic rings. The van der Waals surface area contributed by atoms with Gasteiger partial charge < -0.3 is 14.6 Å². The molecular weight excluding hydrogens is 376 g/mol. The minimum atomic E-state index is -0.903. The highest BCUT2D eigenvalue weighted by atomic mass is 16.6. The highest BCUT2D eigenvalue weighted by molar-refractivity contribution is 5.78. The summed E-state index contributed by atoms with van der Waals surface area (Å²) in [5.74, 6) is -0.230. The van der Waals surface area contributed by atoms with E-state index in [-0.39, 0.29) is 18.7 Å². The maximum absolute atomic E-state index is 12.8. The Morgan fingerprint density at radius 1 is 0.733 bits per heavy atom. The lowest BCUT2D eigenvalue weighted by Crippen LogP contribution is -2.39. The molecule has 0 amide bonds. The summed E-state index contributed by atoms with van der Waals surface area (Å²) in [6, 6.07) is 0.